The lowest BCUT2D eigenvalue weighted by molar-refractivity contribution is 0.0703. The van der Waals surface area contributed by atoms with Gasteiger partial charge in [0.25, 0.3) is 5.91 Å². The van der Waals surface area contributed by atoms with E-state index in [0.29, 0.717) is 17.5 Å². The third-order valence-corrected chi connectivity index (χ3v) is 4.07. The molecule has 3 nitrogen and oxygen atoms in total. The number of pyridine rings is 1. The van der Waals surface area contributed by atoms with E-state index in [-0.39, 0.29) is 16.2 Å². The molecule has 0 radical (unpaired) electrons. The van der Waals surface area contributed by atoms with Crippen molar-refractivity contribution >= 4 is 29.1 Å². The van der Waals surface area contributed by atoms with Crippen LogP contribution in [-0.2, 0) is 0 Å². The lowest BCUT2D eigenvalue weighted by Crippen LogP contribution is -2.37. The molecule has 1 saturated heterocycles. The van der Waals surface area contributed by atoms with Crippen molar-refractivity contribution in [1.82, 2.24) is 9.88 Å². The van der Waals surface area contributed by atoms with E-state index in [0.717, 1.165) is 19.4 Å². The predicted molar refractivity (Wildman–Crippen MR) is 66.4 cm³/mol. The number of nitrogens with zero attached hydrogens (tertiary/aromatic N) is 2. The van der Waals surface area contributed by atoms with E-state index in [1.54, 1.807) is 12.1 Å². The summed E-state index contributed by atoms with van der Waals surface area (Å²) >= 11 is 11.6. The Morgan fingerprint density at radius 2 is 2.00 bits per heavy atom. The number of aromatic nitrogens is 1. The third kappa shape index (κ3) is 2.02. The molecular weight excluding hydrogens is 259 g/mol. The minimum atomic E-state index is 0.0309. The summed E-state index contributed by atoms with van der Waals surface area (Å²) in [6.07, 6.45) is 3.54. The smallest absolute Gasteiger partial charge is 0.254 e. The second-order valence-electron chi connectivity index (χ2n) is 4.79. The molecule has 1 aromatic heterocycles. The van der Waals surface area contributed by atoms with Crippen LogP contribution in [0.3, 0.4) is 0 Å². The lowest BCUT2D eigenvalue weighted by Gasteiger charge is -2.27. The minimum Gasteiger partial charge on any atom is -0.335 e. The van der Waals surface area contributed by atoms with Crippen LogP contribution in [0.5, 0.6) is 0 Å². The van der Waals surface area contributed by atoms with Gasteiger partial charge in [-0.2, -0.15) is 0 Å². The maximum Gasteiger partial charge on any atom is 0.254 e. The molecule has 0 spiro atoms. The van der Waals surface area contributed by atoms with Crippen molar-refractivity contribution in [3.8, 4) is 0 Å². The van der Waals surface area contributed by atoms with Gasteiger partial charge >= 0.3 is 0 Å². The number of likely N-dealkylation sites (tertiary alicyclic amines) is 1. The molecule has 3 rings (SSSR count). The van der Waals surface area contributed by atoms with Crippen LogP contribution in [0.25, 0.3) is 0 Å². The van der Waals surface area contributed by atoms with Gasteiger partial charge in [0.05, 0.1) is 0 Å². The first-order valence-corrected chi connectivity index (χ1v) is 6.53. The van der Waals surface area contributed by atoms with Gasteiger partial charge in [-0.3, -0.25) is 4.79 Å². The number of amides is 1. The molecule has 5 heteroatoms. The minimum absolute atomic E-state index is 0.0309. The molecule has 1 saturated carbocycles. The Balaban J connectivity index is 1.86. The van der Waals surface area contributed by atoms with Crippen molar-refractivity contribution < 1.29 is 4.79 Å². The highest BCUT2D eigenvalue weighted by Crippen LogP contribution is 2.38. The van der Waals surface area contributed by atoms with Gasteiger partial charge in [0.1, 0.15) is 10.3 Å². The Bertz CT molecular complexity index is 457. The summed E-state index contributed by atoms with van der Waals surface area (Å²) in [7, 11) is 0. The number of piperidine rings is 1. The lowest BCUT2D eigenvalue weighted by atomic mass is 10.1. The standard InChI is InChI=1S/C12H12Cl2N2O/c13-10-4-8(5-11(14)15-10)12(17)16-6-7-1-2-9(16)3-7/h4-5,7,9H,1-3,6H2. The summed E-state index contributed by atoms with van der Waals surface area (Å²) in [5.41, 5.74) is 0.544. The average molecular weight is 271 g/mol. The average Bonchev–Trinajstić information content (AvgIpc) is 2.88. The highest BCUT2D eigenvalue weighted by molar-refractivity contribution is 6.33. The van der Waals surface area contributed by atoms with Crippen molar-refractivity contribution in [3.63, 3.8) is 0 Å². The van der Waals surface area contributed by atoms with Crippen LogP contribution in [-0.4, -0.2) is 28.4 Å². The fraction of sp³-hybridized carbons (Fsp3) is 0.500. The largest absolute Gasteiger partial charge is 0.335 e. The van der Waals surface area contributed by atoms with Crippen LogP contribution in [0.15, 0.2) is 12.1 Å². The number of carbonyl (C=O) groups excluding carboxylic acids is 1. The van der Waals surface area contributed by atoms with E-state index in [2.05, 4.69) is 4.98 Å². The van der Waals surface area contributed by atoms with Gasteiger partial charge in [0.2, 0.25) is 0 Å². The molecule has 2 aliphatic rings. The summed E-state index contributed by atoms with van der Waals surface area (Å²) in [5, 5.41) is 0.537. The Kier molecular flexibility index (Phi) is 2.75. The Morgan fingerprint density at radius 1 is 1.29 bits per heavy atom. The van der Waals surface area contributed by atoms with Crippen LogP contribution in [0, 0.1) is 5.92 Å². The van der Waals surface area contributed by atoms with Crippen molar-refractivity contribution in [1.29, 1.82) is 0 Å². The van der Waals surface area contributed by atoms with Gasteiger partial charge in [0.15, 0.2) is 0 Å². The van der Waals surface area contributed by atoms with Crippen molar-refractivity contribution in [2.75, 3.05) is 6.54 Å². The highest BCUT2D eigenvalue weighted by Gasteiger charge is 2.40. The number of carbonyl (C=O) groups is 1. The number of hydrogen-bond acceptors (Lipinski definition) is 2. The first-order chi connectivity index (χ1) is 8.13. The first-order valence-electron chi connectivity index (χ1n) is 5.77. The molecule has 2 heterocycles. The van der Waals surface area contributed by atoms with E-state index in [9.17, 15) is 4.79 Å². The molecule has 17 heavy (non-hydrogen) atoms. The second-order valence-corrected chi connectivity index (χ2v) is 5.57. The molecule has 90 valence electrons. The molecule has 1 aliphatic heterocycles. The third-order valence-electron chi connectivity index (χ3n) is 3.68. The zero-order valence-electron chi connectivity index (χ0n) is 9.20. The van der Waals surface area contributed by atoms with Crippen LogP contribution >= 0.6 is 23.2 Å². The van der Waals surface area contributed by atoms with Crippen LogP contribution in [0.1, 0.15) is 29.6 Å². The second kappa shape index (κ2) is 4.14. The topological polar surface area (TPSA) is 33.2 Å². The fourth-order valence-electron chi connectivity index (χ4n) is 2.93. The van der Waals surface area contributed by atoms with Crippen LogP contribution in [0.4, 0.5) is 0 Å². The SMILES string of the molecule is O=C(c1cc(Cl)nc(Cl)c1)N1CC2CCC1C2. The van der Waals surface area contributed by atoms with Crippen LogP contribution in [0.2, 0.25) is 10.3 Å². The van der Waals surface area contributed by atoms with Crippen molar-refractivity contribution in [2.45, 2.75) is 25.3 Å². The number of hydrogen-bond donors (Lipinski definition) is 0. The fourth-order valence-corrected chi connectivity index (χ4v) is 3.39. The number of rotatable bonds is 1. The van der Waals surface area contributed by atoms with E-state index in [1.165, 1.54) is 6.42 Å². The highest BCUT2D eigenvalue weighted by atomic mass is 35.5. The van der Waals surface area contributed by atoms with Gasteiger partial charge in [-0.05, 0) is 37.3 Å². The van der Waals surface area contributed by atoms with E-state index in [4.69, 9.17) is 23.2 Å². The van der Waals surface area contributed by atoms with E-state index >= 15 is 0 Å². The van der Waals surface area contributed by atoms with Gasteiger partial charge in [-0.1, -0.05) is 23.2 Å². The van der Waals surface area contributed by atoms with Gasteiger partial charge in [-0.15, -0.1) is 0 Å². The molecular formula is C12H12Cl2N2O. The van der Waals surface area contributed by atoms with Crippen molar-refractivity contribution in [3.05, 3.63) is 28.0 Å². The number of halogens is 2. The van der Waals surface area contributed by atoms with Gasteiger partial charge < -0.3 is 4.90 Å². The maximum absolute atomic E-state index is 12.3. The van der Waals surface area contributed by atoms with Gasteiger partial charge in [0, 0.05) is 18.2 Å². The first kappa shape index (κ1) is 11.3. The summed E-state index contributed by atoms with van der Waals surface area (Å²) < 4.78 is 0. The zero-order valence-corrected chi connectivity index (χ0v) is 10.7. The Labute approximate surface area is 110 Å². The van der Waals surface area contributed by atoms with Crippen molar-refractivity contribution in [2.24, 2.45) is 5.92 Å². The monoisotopic (exact) mass is 270 g/mol. The van der Waals surface area contributed by atoms with Crippen LogP contribution < -0.4 is 0 Å². The molecule has 1 amide bonds. The Morgan fingerprint density at radius 3 is 2.53 bits per heavy atom. The zero-order chi connectivity index (χ0) is 12.0. The summed E-state index contributed by atoms with van der Waals surface area (Å²) in [6, 6.07) is 3.59. The number of fused-ring (bicyclic) bond motifs is 2. The summed E-state index contributed by atoms with van der Waals surface area (Å²) in [4.78, 5) is 18.1. The molecule has 2 bridgehead atoms. The predicted octanol–water partition coefficient (Wildman–Crippen LogP) is 3.01. The molecule has 1 aromatic rings. The molecule has 2 atom stereocenters. The Hall–Kier alpha value is -0.800. The summed E-state index contributed by atoms with van der Waals surface area (Å²) in [5.74, 6) is 0.722. The molecule has 0 aromatic carbocycles. The normalized spacial score (nSPS) is 26.6. The molecule has 1 aliphatic carbocycles. The van der Waals surface area contributed by atoms with Gasteiger partial charge in [-0.25, -0.2) is 4.98 Å². The molecule has 2 fully saturated rings. The summed E-state index contributed by atoms with van der Waals surface area (Å²) in [6.45, 7) is 0.876. The quantitative estimate of drug-likeness (QED) is 0.735. The van der Waals surface area contributed by atoms with E-state index in [1.807, 2.05) is 4.90 Å². The molecule has 0 N–H and O–H groups in total. The maximum atomic E-state index is 12.3. The van der Waals surface area contributed by atoms with E-state index < -0.39 is 0 Å². The molecule has 2 unspecified atom stereocenters.